The molecule has 9 nitrogen and oxygen atoms in total. The number of tetrazole rings is 1. The third-order valence-corrected chi connectivity index (χ3v) is 4.68. The molecule has 1 heterocycles. The summed E-state index contributed by atoms with van der Waals surface area (Å²) in [4.78, 5) is 24.0. The molecule has 144 valence electrons. The number of halogens is 1. The van der Waals surface area contributed by atoms with Crippen molar-refractivity contribution in [2.45, 2.75) is 5.16 Å². The summed E-state index contributed by atoms with van der Waals surface area (Å²) >= 11 is 6.90. The van der Waals surface area contributed by atoms with Crippen LogP contribution < -0.4 is 15.6 Å². The standard InChI is InChI=1S/C17H15ClN6O3S/c1-27-14-5-3-2-4-13(14)24-17(21-22-23-24)28-10-15(25)19-20-16(26)11-6-8-12(18)9-7-11/h2-9H,10H2,1H3,(H,19,25)(H,20,26). The van der Waals surface area contributed by atoms with Gasteiger partial charge < -0.3 is 4.74 Å². The van der Waals surface area contributed by atoms with Gasteiger partial charge in [-0.1, -0.05) is 35.5 Å². The fourth-order valence-corrected chi connectivity index (χ4v) is 3.00. The van der Waals surface area contributed by atoms with Crippen LogP contribution in [0.2, 0.25) is 5.02 Å². The Hall–Kier alpha value is -3.11. The van der Waals surface area contributed by atoms with Gasteiger partial charge in [-0.25, -0.2) is 0 Å². The van der Waals surface area contributed by atoms with Gasteiger partial charge in [0.25, 0.3) is 5.91 Å². The summed E-state index contributed by atoms with van der Waals surface area (Å²) < 4.78 is 6.78. The molecule has 28 heavy (non-hydrogen) atoms. The molecule has 2 N–H and O–H groups in total. The fraction of sp³-hybridized carbons (Fsp3) is 0.118. The summed E-state index contributed by atoms with van der Waals surface area (Å²) in [5.74, 6) is -0.275. The predicted molar refractivity (Wildman–Crippen MR) is 103 cm³/mol. The van der Waals surface area contributed by atoms with Crippen molar-refractivity contribution in [3.8, 4) is 11.4 Å². The minimum atomic E-state index is -0.450. The Morgan fingerprint density at radius 2 is 1.89 bits per heavy atom. The van der Waals surface area contributed by atoms with Crippen molar-refractivity contribution in [2.24, 2.45) is 0 Å². The molecule has 3 aromatic rings. The Kier molecular flexibility index (Phi) is 6.45. The maximum Gasteiger partial charge on any atom is 0.269 e. The summed E-state index contributed by atoms with van der Waals surface area (Å²) in [6.07, 6.45) is 0. The first-order valence-corrected chi connectivity index (χ1v) is 9.34. The summed E-state index contributed by atoms with van der Waals surface area (Å²) in [5, 5.41) is 12.4. The molecule has 0 atom stereocenters. The van der Waals surface area contributed by atoms with Crippen LogP contribution in [0.3, 0.4) is 0 Å². The topological polar surface area (TPSA) is 111 Å². The lowest BCUT2D eigenvalue weighted by Crippen LogP contribution is -2.42. The number of para-hydroxylation sites is 2. The number of rotatable bonds is 6. The van der Waals surface area contributed by atoms with Crippen molar-refractivity contribution < 1.29 is 14.3 Å². The second-order valence-corrected chi connectivity index (χ2v) is 6.72. The zero-order valence-electron chi connectivity index (χ0n) is 14.6. The summed E-state index contributed by atoms with van der Waals surface area (Å²) in [5.41, 5.74) is 5.70. The first kappa shape index (κ1) is 19.6. The number of carbonyl (C=O) groups is 2. The van der Waals surface area contributed by atoms with Gasteiger partial charge in [-0.15, -0.1) is 5.10 Å². The van der Waals surface area contributed by atoms with Gasteiger partial charge in [-0.3, -0.25) is 20.4 Å². The SMILES string of the molecule is COc1ccccc1-n1nnnc1SCC(=O)NNC(=O)c1ccc(Cl)cc1. The van der Waals surface area contributed by atoms with Crippen LogP contribution in [0.4, 0.5) is 0 Å². The van der Waals surface area contributed by atoms with Gasteiger partial charge in [-0.2, -0.15) is 4.68 Å². The van der Waals surface area contributed by atoms with E-state index in [4.69, 9.17) is 16.3 Å². The number of aromatic nitrogens is 4. The van der Waals surface area contributed by atoms with E-state index in [1.165, 1.54) is 4.68 Å². The van der Waals surface area contributed by atoms with Crippen LogP contribution in [0.15, 0.2) is 53.7 Å². The summed E-state index contributed by atoms with van der Waals surface area (Å²) in [6.45, 7) is 0. The second kappa shape index (κ2) is 9.20. The Morgan fingerprint density at radius 3 is 2.64 bits per heavy atom. The Bertz CT molecular complexity index is 979. The molecular formula is C17H15ClN6O3S. The lowest BCUT2D eigenvalue weighted by Gasteiger charge is -2.09. The molecule has 0 aliphatic carbocycles. The van der Waals surface area contributed by atoms with E-state index in [0.717, 1.165) is 11.8 Å². The number of nitrogens with one attached hydrogen (secondary N) is 2. The molecule has 0 saturated carbocycles. The van der Waals surface area contributed by atoms with Crippen molar-refractivity contribution in [1.29, 1.82) is 0 Å². The first-order valence-electron chi connectivity index (χ1n) is 7.98. The number of methoxy groups -OCH3 is 1. The van der Waals surface area contributed by atoms with Gasteiger partial charge in [0.1, 0.15) is 11.4 Å². The highest BCUT2D eigenvalue weighted by molar-refractivity contribution is 7.99. The molecule has 0 aliphatic heterocycles. The zero-order chi connectivity index (χ0) is 19.9. The molecule has 0 fully saturated rings. The lowest BCUT2D eigenvalue weighted by molar-refractivity contribution is -0.119. The Morgan fingerprint density at radius 1 is 1.14 bits per heavy atom. The van der Waals surface area contributed by atoms with Crippen LogP contribution in [0.5, 0.6) is 5.75 Å². The Balaban J connectivity index is 1.56. The lowest BCUT2D eigenvalue weighted by atomic mass is 10.2. The van der Waals surface area contributed by atoms with Crippen molar-refractivity contribution in [3.63, 3.8) is 0 Å². The smallest absolute Gasteiger partial charge is 0.269 e. The van der Waals surface area contributed by atoms with E-state index in [0.29, 0.717) is 27.2 Å². The molecule has 1 aromatic heterocycles. The predicted octanol–water partition coefficient (Wildman–Crippen LogP) is 1.88. The molecule has 2 amide bonds. The van der Waals surface area contributed by atoms with E-state index in [1.807, 2.05) is 12.1 Å². The second-order valence-electron chi connectivity index (χ2n) is 5.34. The van der Waals surface area contributed by atoms with Gasteiger partial charge in [0.2, 0.25) is 11.1 Å². The van der Waals surface area contributed by atoms with E-state index in [-0.39, 0.29) is 5.75 Å². The highest BCUT2D eigenvalue weighted by Crippen LogP contribution is 2.25. The highest BCUT2D eigenvalue weighted by atomic mass is 35.5. The number of thioether (sulfide) groups is 1. The van der Waals surface area contributed by atoms with E-state index in [1.54, 1.807) is 43.5 Å². The zero-order valence-corrected chi connectivity index (χ0v) is 16.2. The maximum atomic E-state index is 12.0. The maximum absolute atomic E-state index is 12.0. The van der Waals surface area contributed by atoms with Crippen LogP contribution in [-0.2, 0) is 4.79 Å². The number of hydrogen-bond acceptors (Lipinski definition) is 7. The minimum Gasteiger partial charge on any atom is -0.494 e. The number of carbonyl (C=O) groups excluding carboxylic acids is 2. The molecule has 0 saturated heterocycles. The highest BCUT2D eigenvalue weighted by Gasteiger charge is 2.15. The fourth-order valence-electron chi connectivity index (χ4n) is 2.19. The molecule has 2 aromatic carbocycles. The largest absolute Gasteiger partial charge is 0.494 e. The number of nitrogens with zero attached hydrogens (tertiary/aromatic N) is 4. The van der Waals surface area contributed by atoms with Crippen LogP contribution >= 0.6 is 23.4 Å². The number of benzene rings is 2. The molecule has 0 bridgehead atoms. The average molecular weight is 419 g/mol. The molecule has 3 rings (SSSR count). The van der Waals surface area contributed by atoms with E-state index in [9.17, 15) is 9.59 Å². The third-order valence-electron chi connectivity index (χ3n) is 3.51. The minimum absolute atomic E-state index is 0.00355. The van der Waals surface area contributed by atoms with Crippen LogP contribution in [0, 0.1) is 0 Å². The van der Waals surface area contributed by atoms with Gasteiger partial charge in [-0.05, 0) is 46.8 Å². The first-order chi connectivity index (χ1) is 13.6. The van der Waals surface area contributed by atoms with Crippen molar-refractivity contribution in [3.05, 3.63) is 59.1 Å². The van der Waals surface area contributed by atoms with Crippen LogP contribution in [-0.4, -0.2) is 44.9 Å². The van der Waals surface area contributed by atoms with Crippen molar-refractivity contribution in [1.82, 2.24) is 31.1 Å². The molecule has 0 aliphatic rings. The normalized spacial score (nSPS) is 10.4. The van der Waals surface area contributed by atoms with Crippen molar-refractivity contribution >= 4 is 35.2 Å². The third kappa shape index (κ3) is 4.78. The number of hydrazine groups is 1. The Labute approximate surface area is 169 Å². The molecular weight excluding hydrogens is 404 g/mol. The van der Waals surface area contributed by atoms with Crippen LogP contribution in [0.25, 0.3) is 5.69 Å². The van der Waals surface area contributed by atoms with Crippen molar-refractivity contribution in [2.75, 3.05) is 12.9 Å². The van der Waals surface area contributed by atoms with Gasteiger partial charge >= 0.3 is 0 Å². The van der Waals surface area contributed by atoms with Crippen LogP contribution in [0.1, 0.15) is 10.4 Å². The molecule has 0 radical (unpaired) electrons. The van der Waals surface area contributed by atoms with Gasteiger partial charge in [0, 0.05) is 10.6 Å². The molecule has 0 unspecified atom stereocenters. The quantitative estimate of drug-likeness (QED) is 0.464. The number of amides is 2. The molecule has 0 spiro atoms. The van der Waals surface area contributed by atoms with E-state index < -0.39 is 11.8 Å². The van der Waals surface area contributed by atoms with Gasteiger partial charge in [0.05, 0.1) is 12.9 Å². The van der Waals surface area contributed by atoms with E-state index >= 15 is 0 Å². The van der Waals surface area contributed by atoms with Gasteiger partial charge in [0.15, 0.2) is 0 Å². The average Bonchev–Trinajstić information content (AvgIpc) is 3.19. The molecule has 11 heteroatoms. The van der Waals surface area contributed by atoms with E-state index in [2.05, 4.69) is 26.4 Å². The number of hydrogen-bond donors (Lipinski definition) is 2. The number of ether oxygens (including phenoxy) is 1. The monoisotopic (exact) mass is 418 g/mol. The summed E-state index contributed by atoms with van der Waals surface area (Å²) in [6, 6.07) is 13.5. The summed E-state index contributed by atoms with van der Waals surface area (Å²) in [7, 11) is 1.55.